The van der Waals surface area contributed by atoms with Crippen molar-refractivity contribution in [3.05, 3.63) is 0 Å². The second kappa shape index (κ2) is 4.09. The molecule has 0 saturated carbocycles. The van der Waals surface area contributed by atoms with E-state index in [1.54, 1.807) is 0 Å². The van der Waals surface area contributed by atoms with E-state index in [4.69, 9.17) is 0 Å². The largest absolute Gasteiger partial charge is 0.271 e. The first kappa shape index (κ1) is 10.1. The van der Waals surface area contributed by atoms with Gasteiger partial charge in [0.1, 0.15) is 0 Å². The molecule has 3 heteroatoms. The fraction of sp³-hybridized carbons (Fsp3) is 1.00. The summed E-state index contributed by atoms with van der Waals surface area (Å²) in [5.74, 6) is 1.53. The molecule has 0 bridgehead atoms. The molecule has 0 aromatic heterocycles. The van der Waals surface area contributed by atoms with Gasteiger partial charge in [-0.1, -0.05) is 24.0 Å². The van der Waals surface area contributed by atoms with Crippen LogP contribution in [0.5, 0.6) is 0 Å². The molecule has 1 N–H and O–H groups in total. The van der Waals surface area contributed by atoms with E-state index >= 15 is 0 Å². The lowest BCUT2D eigenvalue weighted by Gasteiger charge is -2.24. The zero-order chi connectivity index (χ0) is 8.20. The predicted molar refractivity (Wildman–Crippen MR) is 48.9 cm³/mol. The summed E-state index contributed by atoms with van der Waals surface area (Å²) in [4.78, 5) is 0. The monoisotopic (exact) mass is 165 g/mol. The van der Waals surface area contributed by atoms with Gasteiger partial charge in [0.05, 0.1) is 0 Å². The van der Waals surface area contributed by atoms with Crippen LogP contribution in [0.1, 0.15) is 27.7 Å². The smallest absolute Gasteiger partial charge is 0.0119 e. The van der Waals surface area contributed by atoms with Crippen LogP contribution in [0.2, 0.25) is 0 Å². The molecule has 0 heterocycles. The van der Waals surface area contributed by atoms with Gasteiger partial charge in [-0.2, -0.15) is 0 Å². The van der Waals surface area contributed by atoms with Crippen LogP contribution in [0.4, 0.5) is 0 Å². The van der Waals surface area contributed by atoms with Gasteiger partial charge in [0.15, 0.2) is 0 Å². The van der Waals surface area contributed by atoms with Gasteiger partial charge in [-0.15, -0.1) is 0 Å². The van der Waals surface area contributed by atoms with Gasteiger partial charge >= 0.3 is 0 Å². The van der Waals surface area contributed by atoms with Crippen LogP contribution in [0.25, 0.3) is 0 Å². The average Bonchev–Trinajstić information content (AvgIpc) is 1.87. The lowest BCUT2D eigenvalue weighted by atomic mass is 10.4. The summed E-state index contributed by atoms with van der Waals surface area (Å²) in [6.07, 6.45) is 0. The molecule has 0 aliphatic carbocycles. The van der Waals surface area contributed by atoms with Crippen LogP contribution in [-0.2, 0) is 10.1 Å². The highest BCUT2D eigenvalue weighted by molar-refractivity contribution is 8.01. The summed E-state index contributed by atoms with van der Waals surface area (Å²) >= 11 is 0. The Kier molecular flexibility index (Phi) is 4.13. The molecule has 0 aliphatic heterocycles. The summed E-state index contributed by atoms with van der Waals surface area (Å²) in [5, 5.41) is 0. The minimum atomic E-state index is -1.99. The van der Waals surface area contributed by atoms with E-state index < -0.39 is 10.1 Å². The molecule has 64 valence electrons. The quantitative estimate of drug-likeness (QED) is 0.597. The Morgan fingerprint density at radius 3 is 1.80 bits per heavy atom. The summed E-state index contributed by atoms with van der Waals surface area (Å²) in [7, 11) is -1.99. The van der Waals surface area contributed by atoms with Crippen molar-refractivity contribution >= 4 is 10.1 Å². The number of thiol groups is 1. The van der Waals surface area contributed by atoms with Crippen LogP contribution in [0.3, 0.4) is 0 Å². The van der Waals surface area contributed by atoms with Crippen molar-refractivity contribution in [3.8, 4) is 0 Å². The van der Waals surface area contributed by atoms with Gasteiger partial charge in [0.2, 0.25) is 0 Å². The zero-order valence-corrected chi connectivity index (χ0v) is 8.24. The third-order valence-electron chi connectivity index (χ3n) is 1.52. The number of hydrogen-bond acceptors (Lipinski definition) is 1. The van der Waals surface area contributed by atoms with E-state index in [1.165, 1.54) is 0 Å². The molecule has 0 atom stereocenters. The molecular weight excluding hydrogens is 146 g/mol. The Hall–Kier alpha value is 0.110. The highest BCUT2D eigenvalue weighted by Gasteiger charge is 2.09. The van der Waals surface area contributed by atoms with Gasteiger partial charge < -0.3 is 0 Å². The molecule has 0 radical (unpaired) electrons. The van der Waals surface area contributed by atoms with Crippen LogP contribution in [0, 0.1) is 0 Å². The van der Waals surface area contributed by atoms with E-state index in [1.807, 2.05) is 27.7 Å². The Morgan fingerprint density at radius 1 is 1.30 bits per heavy atom. The summed E-state index contributed by atoms with van der Waals surface area (Å²) < 4.78 is 14.8. The molecule has 10 heavy (non-hydrogen) atoms. The lowest BCUT2D eigenvalue weighted by molar-refractivity contribution is 0.641. The maximum atomic E-state index is 11.6. The van der Waals surface area contributed by atoms with Crippen molar-refractivity contribution in [3.63, 3.8) is 0 Å². The van der Waals surface area contributed by atoms with Gasteiger partial charge in [-0.3, -0.25) is 8.93 Å². The Morgan fingerprint density at radius 2 is 1.70 bits per heavy atom. The summed E-state index contributed by atoms with van der Waals surface area (Å²) in [5.41, 5.74) is 0. The molecule has 0 fully saturated rings. The van der Waals surface area contributed by atoms with Gasteiger partial charge in [0.25, 0.3) is 0 Å². The van der Waals surface area contributed by atoms with E-state index in [0.717, 1.165) is 11.5 Å². The molecule has 0 saturated heterocycles. The molecule has 0 aromatic carbocycles. The standard InChI is InChI=1S/C7H19NOS/c1-5-10(9,6-2)8-7(3)4/h7,10H,5-6H2,1-4H3,(H,8,9). The Bertz CT molecular complexity index is 126. The molecular formula is C7H19NOS. The minimum absolute atomic E-state index is 0.339. The topological polar surface area (TPSA) is 29.1 Å². The van der Waals surface area contributed by atoms with Crippen LogP contribution in [-0.4, -0.2) is 21.8 Å². The van der Waals surface area contributed by atoms with Crippen molar-refractivity contribution in [2.75, 3.05) is 11.5 Å². The Balaban J connectivity index is 3.94. The van der Waals surface area contributed by atoms with Crippen LogP contribution < -0.4 is 4.72 Å². The predicted octanol–water partition coefficient (Wildman–Crippen LogP) is 0.956. The highest BCUT2D eigenvalue weighted by atomic mass is 32.3. The van der Waals surface area contributed by atoms with E-state index in [-0.39, 0.29) is 0 Å². The van der Waals surface area contributed by atoms with Crippen molar-refractivity contribution in [1.29, 1.82) is 0 Å². The fourth-order valence-electron chi connectivity index (χ4n) is 0.877. The summed E-state index contributed by atoms with van der Waals surface area (Å²) in [6.45, 7) is 8.00. The van der Waals surface area contributed by atoms with E-state index in [9.17, 15) is 4.21 Å². The van der Waals surface area contributed by atoms with Crippen molar-refractivity contribution in [1.82, 2.24) is 4.72 Å². The van der Waals surface area contributed by atoms with Crippen LogP contribution >= 0.6 is 0 Å². The first-order valence-electron chi connectivity index (χ1n) is 3.90. The average molecular weight is 165 g/mol. The van der Waals surface area contributed by atoms with Gasteiger partial charge in [0, 0.05) is 17.5 Å². The fourth-order valence-corrected chi connectivity index (χ4v) is 2.63. The molecule has 0 unspecified atom stereocenters. The SMILES string of the molecule is CC[SH](=O)(CC)NC(C)C. The summed E-state index contributed by atoms with van der Waals surface area (Å²) in [6, 6.07) is 0.339. The van der Waals surface area contributed by atoms with E-state index in [0.29, 0.717) is 6.04 Å². The second-order valence-electron chi connectivity index (χ2n) is 2.81. The van der Waals surface area contributed by atoms with Crippen molar-refractivity contribution < 1.29 is 4.21 Å². The highest BCUT2D eigenvalue weighted by Crippen LogP contribution is 1.99. The first-order chi connectivity index (χ1) is 4.54. The second-order valence-corrected chi connectivity index (χ2v) is 6.11. The maximum Gasteiger partial charge on any atom is 0.0119 e. The number of nitrogens with one attached hydrogen (secondary N) is 1. The number of rotatable bonds is 4. The molecule has 2 nitrogen and oxygen atoms in total. The molecule has 0 amide bonds. The zero-order valence-electron chi connectivity index (χ0n) is 7.35. The normalized spacial score (nSPS) is 14.1. The van der Waals surface area contributed by atoms with Crippen molar-refractivity contribution in [2.45, 2.75) is 33.7 Å². The van der Waals surface area contributed by atoms with Crippen molar-refractivity contribution in [2.24, 2.45) is 0 Å². The van der Waals surface area contributed by atoms with Gasteiger partial charge in [-0.05, 0) is 13.8 Å². The third-order valence-corrected chi connectivity index (χ3v) is 4.55. The first-order valence-corrected chi connectivity index (χ1v) is 5.97. The molecule has 0 rings (SSSR count). The molecule has 0 spiro atoms. The molecule has 0 aromatic rings. The molecule has 0 aliphatic rings. The third kappa shape index (κ3) is 3.32. The van der Waals surface area contributed by atoms with E-state index in [2.05, 4.69) is 4.72 Å². The lowest BCUT2D eigenvalue weighted by Crippen LogP contribution is -2.39. The minimum Gasteiger partial charge on any atom is -0.271 e. The Labute approximate surface area is 65.0 Å². The van der Waals surface area contributed by atoms with Crippen LogP contribution in [0.15, 0.2) is 0 Å². The number of hydrogen-bond donors (Lipinski definition) is 2. The maximum absolute atomic E-state index is 11.6. The van der Waals surface area contributed by atoms with Gasteiger partial charge in [-0.25, -0.2) is 0 Å².